The fourth-order valence-corrected chi connectivity index (χ4v) is 4.60. The van der Waals surface area contributed by atoms with E-state index in [1.165, 1.54) is 6.07 Å². The SMILES string of the molecule is CCCC(C)(C)COc1ccc2ccccc2c1N=Nc1ccc(C)cc1Cl.Cc1cc(N)c(C)c([N+](=O)[O-])c1. The first-order valence-corrected chi connectivity index (χ1v) is 13.6. The van der Waals surface area contributed by atoms with E-state index in [-0.39, 0.29) is 11.1 Å². The molecule has 0 aliphatic carbocycles. The summed E-state index contributed by atoms with van der Waals surface area (Å²) in [6.45, 7) is 12.7. The Balaban J connectivity index is 0.000000307. The number of nitrogens with zero attached hydrogens (tertiary/aromatic N) is 3. The molecule has 4 rings (SSSR count). The summed E-state index contributed by atoms with van der Waals surface area (Å²) >= 11 is 6.32. The molecule has 210 valence electrons. The third-order valence-electron chi connectivity index (χ3n) is 6.53. The number of benzene rings is 4. The maximum atomic E-state index is 10.5. The van der Waals surface area contributed by atoms with Gasteiger partial charge in [-0.25, -0.2) is 0 Å². The molecule has 8 heteroatoms. The van der Waals surface area contributed by atoms with Crippen molar-refractivity contribution in [2.45, 2.75) is 54.4 Å². The second-order valence-corrected chi connectivity index (χ2v) is 11.2. The van der Waals surface area contributed by atoms with Crippen molar-refractivity contribution in [1.29, 1.82) is 0 Å². The van der Waals surface area contributed by atoms with E-state index in [0.717, 1.165) is 46.2 Å². The van der Waals surface area contributed by atoms with Gasteiger partial charge in [0.2, 0.25) is 0 Å². The Morgan fingerprint density at radius 1 is 0.975 bits per heavy atom. The molecule has 0 heterocycles. The van der Waals surface area contributed by atoms with Gasteiger partial charge in [-0.15, -0.1) is 10.2 Å². The minimum absolute atomic E-state index is 0.0903. The monoisotopic (exact) mass is 560 g/mol. The zero-order valence-electron chi connectivity index (χ0n) is 24.0. The highest BCUT2D eigenvalue weighted by molar-refractivity contribution is 6.33. The standard InChI is InChI=1S/C24H27ClN2O.C8H10N2O2/c1-5-14-24(3,4)16-28-22-13-11-18-8-6-7-9-19(18)23(22)27-26-21-12-10-17(2)15-20(21)25;1-5-3-7(9)6(2)8(4-5)10(11)12/h6-13,15H,5,14,16H2,1-4H3;3-4H,9H2,1-2H3. The molecule has 4 aromatic carbocycles. The summed E-state index contributed by atoms with van der Waals surface area (Å²) in [6.07, 6.45) is 2.24. The first-order chi connectivity index (χ1) is 18.9. The van der Waals surface area contributed by atoms with Gasteiger partial charge in [0.15, 0.2) is 0 Å². The second kappa shape index (κ2) is 13.4. The van der Waals surface area contributed by atoms with Crippen LogP contribution < -0.4 is 10.5 Å². The second-order valence-electron chi connectivity index (χ2n) is 10.7. The number of nitrogen functional groups attached to an aromatic ring is 1. The third kappa shape index (κ3) is 8.02. The highest BCUT2D eigenvalue weighted by atomic mass is 35.5. The fourth-order valence-electron chi connectivity index (χ4n) is 4.33. The summed E-state index contributed by atoms with van der Waals surface area (Å²) < 4.78 is 6.21. The number of ether oxygens (including phenoxy) is 1. The highest BCUT2D eigenvalue weighted by Crippen LogP contribution is 2.39. The zero-order chi connectivity index (χ0) is 29.4. The molecule has 0 atom stereocenters. The van der Waals surface area contributed by atoms with Crippen LogP contribution in [0.5, 0.6) is 5.75 Å². The van der Waals surface area contributed by atoms with E-state index in [2.05, 4.69) is 43.1 Å². The van der Waals surface area contributed by atoms with E-state index in [0.29, 0.717) is 28.6 Å². The molecule has 0 fully saturated rings. The van der Waals surface area contributed by atoms with Gasteiger partial charge in [-0.2, -0.15) is 0 Å². The average Bonchev–Trinajstić information content (AvgIpc) is 2.89. The maximum Gasteiger partial charge on any atom is 0.274 e. The van der Waals surface area contributed by atoms with Crippen molar-refractivity contribution in [2.24, 2.45) is 15.6 Å². The maximum absolute atomic E-state index is 10.5. The number of aryl methyl sites for hydroxylation is 2. The molecule has 0 radical (unpaired) electrons. The van der Waals surface area contributed by atoms with Crippen LogP contribution in [0.4, 0.5) is 22.7 Å². The Morgan fingerprint density at radius 3 is 2.38 bits per heavy atom. The summed E-state index contributed by atoms with van der Waals surface area (Å²) in [5.41, 5.74) is 10.1. The molecule has 2 N–H and O–H groups in total. The van der Waals surface area contributed by atoms with Gasteiger partial charge in [-0.1, -0.05) is 75.2 Å². The summed E-state index contributed by atoms with van der Waals surface area (Å²) in [5, 5.41) is 22.2. The first-order valence-electron chi connectivity index (χ1n) is 13.3. The van der Waals surface area contributed by atoms with Gasteiger partial charge in [0.25, 0.3) is 5.69 Å². The lowest BCUT2D eigenvalue weighted by molar-refractivity contribution is -0.385. The highest BCUT2D eigenvalue weighted by Gasteiger charge is 2.19. The van der Waals surface area contributed by atoms with Crippen molar-refractivity contribution in [3.8, 4) is 5.75 Å². The van der Waals surface area contributed by atoms with Crippen molar-refractivity contribution in [2.75, 3.05) is 12.3 Å². The molecule has 0 spiro atoms. The summed E-state index contributed by atoms with van der Waals surface area (Å²) in [7, 11) is 0. The van der Waals surface area contributed by atoms with Crippen LogP contribution >= 0.6 is 11.6 Å². The number of rotatable bonds is 8. The molecule has 4 aromatic rings. The van der Waals surface area contributed by atoms with Gasteiger partial charge >= 0.3 is 0 Å². The minimum atomic E-state index is -0.418. The molecule has 7 nitrogen and oxygen atoms in total. The first kappa shape index (κ1) is 30.6. The van der Waals surface area contributed by atoms with Crippen LogP contribution in [0.3, 0.4) is 0 Å². The van der Waals surface area contributed by atoms with Crippen molar-refractivity contribution >= 4 is 45.1 Å². The van der Waals surface area contributed by atoms with Crippen molar-refractivity contribution in [3.05, 3.63) is 98.6 Å². The third-order valence-corrected chi connectivity index (χ3v) is 6.83. The van der Waals surface area contributed by atoms with Gasteiger partial charge in [0, 0.05) is 22.7 Å². The van der Waals surface area contributed by atoms with E-state index in [1.807, 2.05) is 49.4 Å². The molecule has 0 unspecified atom stereocenters. The molecule has 0 amide bonds. The number of nitro benzene ring substituents is 1. The number of fused-ring (bicyclic) bond motifs is 1. The molecular formula is C32H37ClN4O3. The fraction of sp³-hybridized carbons (Fsp3) is 0.312. The Bertz CT molecular complexity index is 1530. The number of anilines is 1. The molecule has 0 bridgehead atoms. The van der Waals surface area contributed by atoms with Crippen LogP contribution in [0.15, 0.2) is 77.0 Å². The van der Waals surface area contributed by atoms with Gasteiger partial charge < -0.3 is 10.5 Å². The number of hydrogen-bond donors (Lipinski definition) is 1. The lowest BCUT2D eigenvalue weighted by atomic mass is 9.89. The Labute approximate surface area is 241 Å². The number of halogens is 1. The summed E-state index contributed by atoms with van der Waals surface area (Å²) in [5.74, 6) is 0.745. The quantitative estimate of drug-likeness (QED) is 0.100. The van der Waals surface area contributed by atoms with Gasteiger partial charge in [-0.05, 0) is 73.4 Å². The van der Waals surface area contributed by atoms with Crippen LogP contribution in [-0.4, -0.2) is 11.5 Å². The van der Waals surface area contributed by atoms with E-state index < -0.39 is 4.92 Å². The average molecular weight is 561 g/mol. The summed E-state index contributed by atoms with van der Waals surface area (Å²) in [4.78, 5) is 10.1. The molecule has 0 saturated heterocycles. The molecule has 0 aliphatic heterocycles. The molecule has 40 heavy (non-hydrogen) atoms. The molecule has 0 saturated carbocycles. The number of azo groups is 1. The number of nitro groups is 1. The normalized spacial score (nSPS) is 11.4. The largest absolute Gasteiger partial charge is 0.491 e. The predicted octanol–water partition coefficient (Wildman–Crippen LogP) is 10.2. The lowest BCUT2D eigenvalue weighted by Gasteiger charge is -2.24. The molecule has 0 aromatic heterocycles. The molecule has 0 aliphatic rings. The topological polar surface area (TPSA) is 103 Å². The van der Waals surface area contributed by atoms with Crippen molar-refractivity contribution in [1.82, 2.24) is 0 Å². The molecular weight excluding hydrogens is 524 g/mol. The van der Waals surface area contributed by atoms with E-state index >= 15 is 0 Å². The van der Waals surface area contributed by atoms with E-state index in [4.69, 9.17) is 22.1 Å². The van der Waals surface area contributed by atoms with Crippen LogP contribution in [0.2, 0.25) is 5.02 Å². The number of hydrogen-bond acceptors (Lipinski definition) is 6. The predicted molar refractivity (Wildman–Crippen MR) is 165 cm³/mol. The van der Waals surface area contributed by atoms with Gasteiger partial charge in [-0.3, -0.25) is 10.1 Å². The number of nitrogens with two attached hydrogens (primary N) is 1. The Hall–Kier alpha value is -3.97. The van der Waals surface area contributed by atoms with Crippen LogP contribution in [0.25, 0.3) is 10.8 Å². The summed E-state index contributed by atoms with van der Waals surface area (Å²) in [6, 6.07) is 21.2. The van der Waals surface area contributed by atoms with Crippen LogP contribution in [-0.2, 0) is 0 Å². The van der Waals surface area contributed by atoms with Crippen molar-refractivity contribution in [3.63, 3.8) is 0 Å². The van der Waals surface area contributed by atoms with Gasteiger partial charge in [0.1, 0.15) is 17.1 Å². The van der Waals surface area contributed by atoms with Crippen LogP contribution in [0.1, 0.15) is 50.3 Å². The van der Waals surface area contributed by atoms with E-state index in [1.54, 1.807) is 19.9 Å². The lowest BCUT2D eigenvalue weighted by Crippen LogP contribution is -2.21. The zero-order valence-corrected chi connectivity index (χ0v) is 24.7. The Kier molecular flexibility index (Phi) is 10.2. The van der Waals surface area contributed by atoms with Crippen LogP contribution in [0, 0.1) is 36.3 Å². The van der Waals surface area contributed by atoms with Crippen molar-refractivity contribution < 1.29 is 9.66 Å². The minimum Gasteiger partial charge on any atom is -0.491 e. The van der Waals surface area contributed by atoms with E-state index in [9.17, 15) is 10.1 Å². The van der Waals surface area contributed by atoms with Gasteiger partial charge in [0.05, 0.1) is 16.6 Å². The smallest absolute Gasteiger partial charge is 0.274 e. The Morgan fingerprint density at radius 2 is 1.70 bits per heavy atom.